The second kappa shape index (κ2) is 13.8. The number of benzene rings is 9. The Kier molecular flexibility index (Phi) is 7.82. The second-order valence-electron chi connectivity index (χ2n) is 15.3. The van der Waals surface area contributed by atoms with Gasteiger partial charge in [0, 0.05) is 49.2 Å². The molecule has 0 atom stereocenters. The molecule has 12 rings (SSSR count). The summed E-state index contributed by atoms with van der Waals surface area (Å²) in [4.78, 5) is 10.0. The molecular formula is C56H34N2O2. The maximum absolute atomic E-state index is 6.76. The molecule has 4 heteroatoms. The van der Waals surface area contributed by atoms with Crippen LogP contribution in [-0.2, 0) is 0 Å². The van der Waals surface area contributed by atoms with Gasteiger partial charge in [-0.1, -0.05) is 176 Å². The largest absolute Gasteiger partial charge is 0.455 e. The fourth-order valence-corrected chi connectivity index (χ4v) is 8.84. The number of hydrogen-bond acceptors (Lipinski definition) is 4. The molecule has 0 radical (unpaired) electrons. The number of para-hydroxylation sites is 2. The number of fused-ring (bicyclic) bond motifs is 8. The third-order valence-electron chi connectivity index (χ3n) is 11.7. The predicted molar refractivity (Wildman–Crippen MR) is 247 cm³/mol. The molecule has 0 saturated heterocycles. The molecule has 0 N–H and O–H groups in total. The topological polar surface area (TPSA) is 52.1 Å². The summed E-state index contributed by atoms with van der Waals surface area (Å²) in [5, 5.41) is 6.60. The first kappa shape index (κ1) is 34.0. The normalized spacial score (nSPS) is 11.7. The summed E-state index contributed by atoms with van der Waals surface area (Å²) >= 11 is 0. The first-order chi connectivity index (χ1) is 29.7. The minimum absolute atomic E-state index is 0.705. The predicted octanol–water partition coefficient (Wildman–Crippen LogP) is 15.4. The van der Waals surface area contributed by atoms with Crippen LogP contribution in [0.25, 0.3) is 122 Å². The van der Waals surface area contributed by atoms with Gasteiger partial charge in [0.2, 0.25) is 0 Å². The van der Waals surface area contributed by atoms with E-state index in [4.69, 9.17) is 18.8 Å². The van der Waals surface area contributed by atoms with Crippen molar-refractivity contribution < 1.29 is 8.83 Å². The molecule has 4 nitrogen and oxygen atoms in total. The fourth-order valence-electron chi connectivity index (χ4n) is 8.84. The molecule has 0 aliphatic heterocycles. The molecule has 0 saturated carbocycles. The summed E-state index contributed by atoms with van der Waals surface area (Å²) in [7, 11) is 0. The molecule has 3 aromatic heterocycles. The van der Waals surface area contributed by atoms with Crippen molar-refractivity contribution in [2.24, 2.45) is 0 Å². The first-order valence-electron chi connectivity index (χ1n) is 20.2. The van der Waals surface area contributed by atoms with E-state index >= 15 is 0 Å². The van der Waals surface area contributed by atoms with E-state index in [0.717, 1.165) is 116 Å². The highest BCUT2D eigenvalue weighted by atomic mass is 16.3. The lowest BCUT2D eigenvalue weighted by Crippen LogP contribution is -1.95. The Bertz CT molecular complexity index is 3530. The van der Waals surface area contributed by atoms with Gasteiger partial charge in [0.05, 0.1) is 11.4 Å². The average molecular weight is 767 g/mol. The lowest BCUT2D eigenvalue weighted by atomic mass is 9.92. The van der Waals surface area contributed by atoms with Gasteiger partial charge in [-0.15, -0.1) is 0 Å². The monoisotopic (exact) mass is 766 g/mol. The quantitative estimate of drug-likeness (QED) is 0.169. The van der Waals surface area contributed by atoms with Crippen molar-refractivity contribution in [3.63, 3.8) is 0 Å². The Morgan fingerprint density at radius 2 is 0.817 bits per heavy atom. The Labute approximate surface area is 345 Å². The molecule has 0 spiro atoms. The van der Waals surface area contributed by atoms with Gasteiger partial charge in [0.1, 0.15) is 22.3 Å². The van der Waals surface area contributed by atoms with E-state index < -0.39 is 0 Å². The maximum Gasteiger partial charge on any atom is 0.160 e. The van der Waals surface area contributed by atoms with Gasteiger partial charge < -0.3 is 8.83 Å². The van der Waals surface area contributed by atoms with E-state index in [1.165, 1.54) is 0 Å². The fraction of sp³-hybridized carbons (Fsp3) is 0. The smallest absolute Gasteiger partial charge is 0.160 e. The van der Waals surface area contributed by atoms with Gasteiger partial charge in [-0.05, 0) is 63.5 Å². The van der Waals surface area contributed by atoms with Gasteiger partial charge >= 0.3 is 0 Å². The lowest BCUT2D eigenvalue weighted by Gasteiger charge is -2.11. The highest BCUT2D eigenvalue weighted by Gasteiger charge is 2.20. The van der Waals surface area contributed by atoms with Crippen LogP contribution >= 0.6 is 0 Å². The third kappa shape index (κ3) is 5.61. The van der Waals surface area contributed by atoms with Crippen molar-refractivity contribution in [1.29, 1.82) is 0 Å². The number of aromatic nitrogens is 2. The van der Waals surface area contributed by atoms with Crippen molar-refractivity contribution in [3.8, 4) is 67.3 Å². The van der Waals surface area contributed by atoms with Gasteiger partial charge in [-0.2, -0.15) is 0 Å². The molecule has 280 valence electrons. The molecule has 9 aromatic carbocycles. The van der Waals surface area contributed by atoms with E-state index in [0.29, 0.717) is 5.82 Å². The van der Waals surface area contributed by atoms with Gasteiger partial charge in [-0.25, -0.2) is 9.97 Å². The van der Waals surface area contributed by atoms with E-state index in [2.05, 4.69) is 158 Å². The van der Waals surface area contributed by atoms with Gasteiger partial charge in [0.15, 0.2) is 5.82 Å². The highest BCUT2D eigenvalue weighted by Crippen LogP contribution is 2.45. The van der Waals surface area contributed by atoms with Crippen LogP contribution in [0.1, 0.15) is 0 Å². The van der Waals surface area contributed by atoms with Crippen LogP contribution < -0.4 is 0 Å². The van der Waals surface area contributed by atoms with Crippen LogP contribution in [0.5, 0.6) is 0 Å². The molecule has 3 heterocycles. The molecule has 0 fully saturated rings. The van der Waals surface area contributed by atoms with Crippen LogP contribution in [-0.4, -0.2) is 9.97 Å². The number of hydrogen-bond donors (Lipinski definition) is 0. The van der Waals surface area contributed by atoms with Crippen molar-refractivity contribution in [2.75, 3.05) is 0 Å². The zero-order valence-corrected chi connectivity index (χ0v) is 32.3. The van der Waals surface area contributed by atoms with Gasteiger partial charge in [-0.3, -0.25) is 0 Å². The van der Waals surface area contributed by atoms with Crippen molar-refractivity contribution in [1.82, 2.24) is 9.97 Å². The molecule has 0 unspecified atom stereocenters. The minimum Gasteiger partial charge on any atom is -0.455 e. The van der Waals surface area contributed by atoms with Crippen molar-refractivity contribution in [2.45, 2.75) is 0 Å². The van der Waals surface area contributed by atoms with Crippen LogP contribution in [0.4, 0.5) is 0 Å². The number of rotatable bonds is 6. The van der Waals surface area contributed by atoms with Crippen LogP contribution in [0.2, 0.25) is 0 Å². The van der Waals surface area contributed by atoms with Gasteiger partial charge in [0.25, 0.3) is 0 Å². The van der Waals surface area contributed by atoms with Crippen molar-refractivity contribution >= 4 is 54.6 Å². The zero-order chi connectivity index (χ0) is 39.6. The standard InChI is InChI=1S/C56H34N2O2/c1-3-14-36(15-4-1)49-34-50(58-56(57-49)38-16-5-2-6-17-38)37-30-28-35(29-31-37)39-18-11-19-40(32-39)41-23-13-27-52-53(41)48-33-47(42-20-7-8-22-44(42)55(48)60-52)46-25-12-24-45-43-21-9-10-26-51(43)59-54(45)46/h1-34H. The summed E-state index contributed by atoms with van der Waals surface area (Å²) in [6, 6.07) is 72.0. The van der Waals surface area contributed by atoms with Crippen LogP contribution in [0.15, 0.2) is 215 Å². The van der Waals surface area contributed by atoms with Crippen LogP contribution in [0.3, 0.4) is 0 Å². The Morgan fingerprint density at radius 3 is 1.62 bits per heavy atom. The van der Waals surface area contributed by atoms with E-state index in [1.807, 2.05) is 48.5 Å². The minimum atomic E-state index is 0.705. The summed E-state index contributed by atoms with van der Waals surface area (Å²) in [6.07, 6.45) is 0. The maximum atomic E-state index is 6.76. The Hall–Kier alpha value is -8.08. The molecule has 60 heavy (non-hydrogen) atoms. The molecule has 0 aliphatic rings. The molecule has 0 bridgehead atoms. The SMILES string of the molecule is c1ccc(-c2cc(-c3ccc(-c4cccc(-c5cccc6oc7c8ccccc8c(-c8cccc9c8oc8ccccc89)cc7c56)c4)cc3)nc(-c3ccccc3)n2)cc1. The Morgan fingerprint density at radius 1 is 0.283 bits per heavy atom. The molecule has 12 aromatic rings. The highest BCUT2D eigenvalue weighted by molar-refractivity contribution is 6.23. The molecule has 0 aliphatic carbocycles. The summed E-state index contributed by atoms with van der Waals surface area (Å²) in [5.41, 5.74) is 15.0. The summed E-state index contributed by atoms with van der Waals surface area (Å²) in [6.45, 7) is 0. The lowest BCUT2D eigenvalue weighted by molar-refractivity contribution is 0.670. The van der Waals surface area contributed by atoms with Crippen LogP contribution in [0, 0.1) is 0 Å². The van der Waals surface area contributed by atoms with E-state index in [-0.39, 0.29) is 0 Å². The third-order valence-corrected chi connectivity index (χ3v) is 11.7. The van der Waals surface area contributed by atoms with E-state index in [1.54, 1.807) is 0 Å². The summed E-state index contributed by atoms with van der Waals surface area (Å²) in [5.74, 6) is 0.705. The number of nitrogens with zero attached hydrogens (tertiary/aromatic N) is 2. The summed E-state index contributed by atoms with van der Waals surface area (Å²) < 4.78 is 13.3. The molecular weight excluding hydrogens is 733 g/mol. The molecule has 0 amide bonds. The Balaban J connectivity index is 0.967. The van der Waals surface area contributed by atoms with Crippen molar-refractivity contribution in [3.05, 3.63) is 206 Å². The zero-order valence-electron chi connectivity index (χ0n) is 32.3. The second-order valence-corrected chi connectivity index (χ2v) is 15.3. The van der Waals surface area contributed by atoms with E-state index in [9.17, 15) is 0 Å². The number of furan rings is 2. The average Bonchev–Trinajstić information content (AvgIpc) is 3.91. The first-order valence-corrected chi connectivity index (χ1v) is 20.2.